The molecule has 0 unspecified atom stereocenters. The Bertz CT molecular complexity index is 233. The molecule has 4 nitrogen and oxygen atoms in total. The molecular weight excluding hydrogens is 156 g/mol. The van der Waals surface area contributed by atoms with Crippen molar-refractivity contribution in [1.82, 2.24) is 10.6 Å². The molecule has 12 heavy (non-hydrogen) atoms. The molecule has 0 atom stereocenters. The molecule has 0 saturated carbocycles. The van der Waals surface area contributed by atoms with Crippen LogP contribution in [0.15, 0.2) is 11.6 Å². The van der Waals surface area contributed by atoms with Gasteiger partial charge in [-0.05, 0) is 26.4 Å². The van der Waals surface area contributed by atoms with E-state index in [0.29, 0.717) is 12.0 Å². The number of nitrogens with one attached hydrogen (secondary N) is 2. The number of hydrogen-bond donors (Lipinski definition) is 2. The Morgan fingerprint density at radius 1 is 1.50 bits per heavy atom. The summed E-state index contributed by atoms with van der Waals surface area (Å²) in [6.07, 6.45) is 2.92. The molecule has 0 fully saturated rings. The Hall–Kier alpha value is -1.16. The highest BCUT2D eigenvalue weighted by Crippen LogP contribution is 2.08. The maximum Gasteiger partial charge on any atom is 0.254 e. The molecule has 0 aromatic carbocycles. The molecule has 0 radical (unpaired) electrons. The zero-order chi connectivity index (χ0) is 8.97. The maximum atomic E-state index is 11.0. The van der Waals surface area contributed by atoms with Crippen molar-refractivity contribution in [3.63, 3.8) is 0 Å². The molecule has 66 valence electrons. The van der Waals surface area contributed by atoms with Crippen molar-refractivity contribution in [3.8, 4) is 0 Å². The minimum Gasteiger partial charge on any atom is -0.320 e. The molecule has 0 spiro atoms. The summed E-state index contributed by atoms with van der Waals surface area (Å²) in [6.45, 7) is 0.860. The minimum absolute atomic E-state index is 0.240. The van der Waals surface area contributed by atoms with Gasteiger partial charge in [-0.1, -0.05) is 0 Å². The Labute approximate surface area is 71.0 Å². The van der Waals surface area contributed by atoms with Crippen LogP contribution < -0.4 is 10.6 Å². The van der Waals surface area contributed by atoms with Gasteiger partial charge in [0.15, 0.2) is 0 Å². The molecule has 0 aromatic heterocycles. The summed E-state index contributed by atoms with van der Waals surface area (Å²) >= 11 is 0. The maximum absolute atomic E-state index is 11.0. The van der Waals surface area contributed by atoms with Gasteiger partial charge in [0.25, 0.3) is 11.8 Å². The first kappa shape index (κ1) is 8.93. The third-order valence-corrected chi connectivity index (χ3v) is 1.71. The number of imide groups is 1. The fourth-order valence-electron chi connectivity index (χ4n) is 1.09. The average molecular weight is 168 g/mol. The van der Waals surface area contributed by atoms with Crippen molar-refractivity contribution in [3.05, 3.63) is 11.6 Å². The fourth-order valence-corrected chi connectivity index (χ4v) is 1.09. The van der Waals surface area contributed by atoms with Crippen LogP contribution in [0.4, 0.5) is 0 Å². The van der Waals surface area contributed by atoms with E-state index >= 15 is 0 Å². The topological polar surface area (TPSA) is 58.2 Å². The standard InChI is InChI=1S/C8H12N2O2/c1-9-4-2-3-6-5-7(11)10-8(6)12/h5,9H,2-4H2,1H3,(H,10,11,12). The second kappa shape index (κ2) is 4.01. The van der Waals surface area contributed by atoms with Gasteiger partial charge in [0.05, 0.1) is 0 Å². The van der Waals surface area contributed by atoms with E-state index in [1.54, 1.807) is 0 Å². The van der Waals surface area contributed by atoms with Gasteiger partial charge in [-0.2, -0.15) is 0 Å². The largest absolute Gasteiger partial charge is 0.320 e. The first-order chi connectivity index (χ1) is 5.74. The van der Waals surface area contributed by atoms with Crippen LogP contribution in [0.2, 0.25) is 0 Å². The van der Waals surface area contributed by atoms with Crippen LogP contribution >= 0.6 is 0 Å². The van der Waals surface area contributed by atoms with Crippen LogP contribution in [-0.4, -0.2) is 25.4 Å². The van der Waals surface area contributed by atoms with Gasteiger partial charge in [-0.3, -0.25) is 14.9 Å². The molecule has 0 aromatic rings. The van der Waals surface area contributed by atoms with E-state index in [9.17, 15) is 9.59 Å². The van der Waals surface area contributed by atoms with Crippen molar-refractivity contribution in [2.75, 3.05) is 13.6 Å². The van der Waals surface area contributed by atoms with Crippen LogP contribution in [0.1, 0.15) is 12.8 Å². The van der Waals surface area contributed by atoms with Crippen molar-refractivity contribution < 1.29 is 9.59 Å². The molecule has 0 bridgehead atoms. The van der Waals surface area contributed by atoms with E-state index in [-0.39, 0.29) is 11.8 Å². The molecule has 2 N–H and O–H groups in total. The van der Waals surface area contributed by atoms with E-state index in [4.69, 9.17) is 0 Å². The fraction of sp³-hybridized carbons (Fsp3) is 0.500. The Morgan fingerprint density at radius 2 is 2.25 bits per heavy atom. The Kier molecular flexibility index (Phi) is 2.99. The summed E-state index contributed by atoms with van der Waals surface area (Å²) in [6, 6.07) is 0. The lowest BCUT2D eigenvalue weighted by atomic mass is 10.1. The van der Waals surface area contributed by atoms with Crippen molar-refractivity contribution >= 4 is 11.8 Å². The monoisotopic (exact) mass is 168 g/mol. The normalized spacial score (nSPS) is 16.2. The van der Waals surface area contributed by atoms with Gasteiger partial charge in [-0.25, -0.2) is 0 Å². The predicted molar refractivity (Wildman–Crippen MR) is 44.4 cm³/mol. The van der Waals surface area contributed by atoms with Gasteiger partial charge in [0.2, 0.25) is 0 Å². The SMILES string of the molecule is CNCCCC1=CC(=O)NC1=O. The van der Waals surface area contributed by atoms with Crippen molar-refractivity contribution in [2.24, 2.45) is 0 Å². The lowest BCUT2D eigenvalue weighted by Crippen LogP contribution is -2.22. The first-order valence-corrected chi connectivity index (χ1v) is 3.94. The Morgan fingerprint density at radius 3 is 2.75 bits per heavy atom. The quantitative estimate of drug-likeness (QED) is 0.442. The zero-order valence-electron chi connectivity index (χ0n) is 7.02. The van der Waals surface area contributed by atoms with Crippen molar-refractivity contribution in [1.29, 1.82) is 0 Å². The lowest BCUT2D eigenvalue weighted by Gasteiger charge is -1.98. The molecule has 0 aliphatic carbocycles. The summed E-state index contributed by atoms with van der Waals surface area (Å²) in [5.74, 6) is -0.532. The van der Waals surface area contributed by atoms with Gasteiger partial charge >= 0.3 is 0 Å². The van der Waals surface area contributed by atoms with E-state index in [1.165, 1.54) is 6.08 Å². The first-order valence-electron chi connectivity index (χ1n) is 3.94. The molecule has 2 amide bonds. The summed E-state index contributed by atoms with van der Waals surface area (Å²) in [7, 11) is 1.86. The van der Waals surface area contributed by atoms with Crippen LogP contribution in [-0.2, 0) is 9.59 Å². The van der Waals surface area contributed by atoms with Gasteiger partial charge in [0, 0.05) is 11.6 Å². The second-order valence-electron chi connectivity index (χ2n) is 2.70. The van der Waals surface area contributed by atoms with E-state index in [1.807, 2.05) is 7.05 Å². The minimum atomic E-state index is -0.292. The number of amides is 2. The third kappa shape index (κ3) is 2.17. The summed E-state index contributed by atoms with van der Waals surface area (Å²) in [5.41, 5.74) is 0.593. The van der Waals surface area contributed by atoms with E-state index < -0.39 is 0 Å². The van der Waals surface area contributed by atoms with Crippen LogP contribution in [0, 0.1) is 0 Å². The number of carbonyl (C=O) groups excluding carboxylic acids is 2. The summed E-state index contributed by atoms with van der Waals surface area (Å²) in [4.78, 5) is 21.6. The molecule has 1 heterocycles. The Balaban J connectivity index is 2.36. The molecule has 1 aliphatic rings. The van der Waals surface area contributed by atoms with Gasteiger partial charge in [0.1, 0.15) is 0 Å². The van der Waals surface area contributed by atoms with Gasteiger partial charge < -0.3 is 5.32 Å². The highest BCUT2D eigenvalue weighted by atomic mass is 16.2. The summed E-state index contributed by atoms with van der Waals surface area (Å²) in [5, 5.41) is 5.18. The number of rotatable bonds is 4. The number of hydrogen-bond acceptors (Lipinski definition) is 3. The summed E-state index contributed by atoms with van der Waals surface area (Å²) < 4.78 is 0. The van der Waals surface area contributed by atoms with Gasteiger partial charge in [-0.15, -0.1) is 0 Å². The molecule has 4 heteroatoms. The van der Waals surface area contributed by atoms with Crippen LogP contribution in [0.3, 0.4) is 0 Å². The molecule has 1 rings (SSSR count). The van der Waals surface area contributed by atoms with Crippen LogP contribution in [0.5, 0.6) is 0 Å². The zero-order valence-corrected chi connectivity index (χ0v) is 7.02. The second-order valence-corrected chi connectivity index (χ2v) is 2.70. The molecule has 1 aliphatic heterocycles. The highest BCUT2D eigenvalue weighted by Gasteiger charge is 2.19. The van der Waals surface area contributed by atoms with Crippen molar-refractivity contribution in [2.45, 2.75) is 12.8 Å². The van der Waals surface area contributed by atoms with E-state index in [2.05, 4.69) is 10.6 Å². The third-order valence-electron chi connectivity index (χ3n) is 1.71. The lowest BCUT2D eigenvalue weighted by molar-refractivity contribution is -0.123. The smallest absolute Gasteiger partial charge is 0.254 e. The van der Waals surface area contributed by atoms with E-state index in [0.717, 1.165) is 13.0 Å². The number of carbonyl (C=O) groups is 2. The average Bonchev–Trinajstić information content (AvgIpc) is 2.31. The predicted octanol–water partition coefficient (Wildman–Crippen LogP) is -0.431. The highest BCUT2D eigenvalue weighted by molar-refractivity contribution is 6.16. The van der Waals surface area contributed by atoms with Crippen LogP contribution in [0.25, 0.3) is 0 Å². The molecule has 0 saturated heterocycles. The molecular formula is C8H12N2O2.